The van der Waals surface area contributed by atoms with Crippen molar-refractivity contribution >= 4 is 35.8 Å². The summed E-state index contributed by atoms with van der Waals surface area (Å²) in [6.45, 7) is 6.64. The molecule has 1 atom stereocenters. The minimum atomic E-state index is 0. The largest absolute Gasteiger partial charge is 0.347 e. The van der Waals surface area contributed by atoms with Gasteiger partial charge < -0.3 is 20.0 Å². The number of hydrogen-bond donors (Lipinski definition) is 1. The second-order valence-electron chi connectivity index (χ2n) is 7.88. The number of benzene rings is 1. The average Bonchev–Trinajstić information content (AvgIpc) is 3.35. The molecule has 2 fully saturated rings. The maximum Gasteiger partial charge on any atom is 0.241 e. The molecule has 0 aliphatic carbocycles. The molecule has 2 heterocycles. The summed E-state index contributed by atoms with van der Waals surface area (Å²) >= 11 is 0. The fourth-order valence-electron chi connectivity index (χ4n) is 3.83. The second kappa shape index (κ2) is 11.6. The van der Waals surface area contributed by atoms with Crippen LogP contribution in [0.4, 0.5) is 0 Å². The Morgan fingerprint density at radius 1 is 1.18 bits per heavy atom. The summed E-state index contributed by atoms with van der Waals surface area (Å²) in [5.74, 6) is 1.62. The van der Waals surface area contributed by atoms with Crippen LogP contribution in [0.2, 0.25) is 0 Å². The van der Waals surface area contributed by atoms with Gasteiger partial charge in [0.1, 0.15) is 0 Å². The first-order valence-electron chi connectivity index (χ1n) is 10.1. The van der Waals surface area contributed by atoms with Gasteiger partial charge in [-0.05, 0) is 43.8 Å². The van der Waals surface area contributed by atoms with Crippen LogP contribution >= 0.6 is 24.0 Å². The number of aliphatic imine (C=N–C) groups is 1. The molecule has 1 N–H and O–H groups in total. The van der Waals surface area contributed by atoms with E-state index < -0.39 is 0 Å². The van der Waals surface area contributed by atoms with E-state index in [4.69, 9.17) is 4.99 Å². The molecule has 28 heavy (non-hydrogen) atoms. The van der Waals surface area contributed by atoms with E-state index in [-0.39, 0.29) is 36.4 Å². The van der Waals surface area contributed by atoms with E-state index in [9.17, 15) is 4.79 Å². The van der Waals surface area contributed by atoms with Crippen molar-refractivity contribution in [2.45, 2.75) is 25.8 Å². The zero-order valence-corrected chi connectivity index (χ0v) is 19.5. The molecule has 0 radical (unpaired) electrons. The van der Waals surface area contributed by atoms with Crippen molar-refractivity contribution in [3.05, 3.63) is 35.9 Å². The lowest BCUT2D eigenvalue weighted by Gasteiger charge is -2.24. The summed E-state index contributed by atoms with van der Waals surface area (Å²) in [6, 6.07) is 10.3. The molecular weight excluding hydrogens is 465 g/mol. The first kappa shape index (κ1) is 22.9. The van der Waals surface area contributed by atoms with Gasteiger partial charge >= 0.3 is 0 Å². The van der Waals surface area contributed by atoms with Crippen LogP contribution in [0.1, 0.15) is 24.8 Å². The molecule has 156 valence electrons. The molecular formula is C21H34IN5O. The Morgan fingerprint density at radius 2 is 1.89 bits per heavy atom. The Kier molecular flexibility index (Phi) is 9.50. The van der Waals surface area contributed by atoms with Crippen LogP contribution in [0.5, 0.6) is 0 Å². The van der Waals surface area contributed by atoms with Crippen molar-refractivity contribution in [2.24, 2.45) is 10.9 Å². The molecule has 2 aliphatic rings. The van der Waals surface area contributed by atoms with Crippen LogP contribution in [-0.4, -0.2) is 79.9 Å². The summed E-state index contributed by atoms with van der Waals surface area (Å²) in [5, 5.41) is 3.30. The minimum absolute atomic E-state index is 0. The third kappa shape index (κ3) is 6.92. The molecule has 3 rings (SSSR count). The van der Waals surface area contributed by atoms with Crippen molar-refractivity contribution in [3.63, 3.8) is 0 Å². The van der Waals surface area contributed by atoms with E-state index in [1.807, 2.05) is 18.2 Å². The van der Waals surface area contributed by atoms with Crippen LogP contribution in [0.25, 0.3) is 0 Å². The maximum absolute atomic E-state index is 12.0. The predicted octanol–water partition coefficient (Wildman–Crippen LogP) is 2.26. The van der Waals surface area contributed by atoms with Gasteiger partial charge in [0.25, 0.3) is 0 Å². The number of nitrogens with one attached hydrogen (secondary N) is 1. The van der Waals surface area contributed by atoms with Gasteiger partial charge in [0, 0.05) is 33.7 Å². The molecule has 0 bridgehead atoms. The van der Waals surface area contributed by atoms with Gasteiger partial charge in [-0.15, -0.1) is 24.0 Å². The Bertz CT molecular complexity index is 631. The number of likely N-dealkylation sites (N-methyl/N-ethyl adjacent to an activating group) is 1. The van der Waals surface area contributed by atoms with E-state index in [1.165, 1.54) is 44.5 Å². The van der Waals surface area contributed by atoms with Gasteiger partial charge in [0.2, 0.25) is 5.91 Å². The SMILES string of the molecule is CN(C)C(=O)CNC(=NCc1ccccc1)N1CCC(CN2CCCC2)C1.I. The highest BCUT2D eigenvalue weighted by molar-refractivity contribution is 14.0. The van der Waals surface area contributed by atoms with Crippen LogP contribution in [0, 0.1) is 5.92 Å². The molecule has 1 unspecified atom stereocenters. The molecule has 0 aromatic heterocycles. The van der Waals surface area contributed by atoms with Gasteiger partial charge in [-0.2, -0.15) is 0 Å². The zero-order chi connectivity index (χ0) is 19.1. The smallest absolute Gasteiger partial charge is 0.241 e. The third-order valence-corrected chi connectivity index (χ3v) is 5.45. The summed E-state index contributed by atoms with van der Waals surface area (Å²) in [5.41, 5.74) is 1.18. The highest BCUT2D eigenvalue weighted by Gasteiger charge is 2.27. The lowest BCUT2D eigenvalue weighted by molar-refractivity contribution is -0.127. The van der Waals surface area contributed by atoms with Crippen molar-refractivity contribution in [1.82, 2.24) is 20.0 Å². The monoisotopic (exact) mass is 499 g/mol. The van der Waals surface area contributed by atoms with Gasteiger partial charge in [0.15, 0.2) is 5.96 Å². The summed E-state index contributed by atoms with van der Waals surface area (Å²) in [6.07, 6.45) is 3.88. The van der Waals surface area contributed by atoms with Crippen LogP contribution in [-0.2, 0) is 11.3 Å². The van der Waals surface area contributed by atoms with Gasteiger partial charge in [-0.1, -0.05) is 30.3 Å². The quantitative estimate of drug-likeness (QED) is 0.371. The van der Waals surface area contributed by atoms with Crippen LogP contribution in [0.3, 0.4) is 0 Å². The Balaban J connectivity index is 0.00000280. The summed E-state index contributed by atoms with van der Waals surface area (Å²) in [7, 11) is 3.57. The number of halogens is 1. The number of guanidine groups is 1. The number of carbonyl (C=O) groups is 1. The number of nitrogens with zero attached hydrogens (tertiary/aromatic N) is 4. The number of hydrogen-bond acceptors (Lipinski definition) is 3. The zero-order valence-electron chi connectivity index (χ0n) is 17.1. The molecule has 0 saturated carbocycles. The topological polar surface area (TPSA) is 51.2 Å². The van der Waals surface area contributed by atoms with Crippen LogP contribution in [0.15, 0.2) is 35.3 Å². The highest BCUT2D eigenvalue weighted by Crippen LogP contribution is 2.20. The second-order valence-corrected chi connectivity index (χ2v) is 7.88. The maximum atomic E-state index is 12.0. The first-order chi connectivity index (χ1) is 13.1. The van der Waals surface area contributed by atoms with Crippen molar-refractivity contribution in [1.29, 1.82) is 0 Å². The number of amides is 1. The predicted molar refractivity (Wildman–Crippen MR) is 125 cm³/mol. The first-order valence-corrected chi connectivity index (χ1v) is 10.1. The fourth-order valence-corrected chi connectivity index (χ4v) is 3.83. The van der Waals surface area contributed by atoms with Gasteiger partial charge in [-0.25, -0.2) is 4.99 Å². The molecule has 7 heteroatoms. The molecule has 0 spiro atoms. The normalized spacial score (nSPS) is 20.1. The van der Waals surface area contributed by atoms with E-state index in [0.717, 1.165) is 19.0 Å². The Labute approximate surface area is 186 Å². The minimum Gasteiger partial charge on any atom is -0.347 e. The Morgan fingerprint density at radius 3 is 2.57 bits per heavy atom. The van der Waals surface area contributed by atoms with Gasteiger partial charge in [-0.3, -0.25) is 4.79 Å². The fraction of sp³-hybridized carbons (Fsp3) is 0.619. The molecule has 1 aromatic rings. The Hall–Kier alpha value is -1.35. The van der Waals surface area contributed by atoms with E-state index >= 15 is 0 Å². The number of likely N-dealkylation sites (tertiary alicyclic amines) is 2. The molecule has 6 nitrogen and oxygen atoms in total. The van der Waals surface area contributed by atoms with Gasteiger partial charge in [0.05, 0.1) is 13.1 Å². The van der Waals surface area contributed by atoms with Crippen molar-refractivity contribution in [3.8, 4) is 0 Å². The van der Waals surface area contributed by atoms with E-state index in [1.54, 1.807) is 19.0 Å². The number of rotatable bonds is 6. The van der Waals surface area contributed by atoms with Crippen molar-refractivity contribution in [2.75, 3.05) is 53.4 Å². The van der Waals surface area contributed by atoms with E-state index in [2.05, 4.69) is 27.2 Å². The molecule has 2 aliphatic heterocycles. The van der Waals surface area contributed by atoms with E-state index in [0.29, 0.717) is 12.5 Å². The lowest BCUT2D eigenvalue weighted by Crippen LogP contribution is -2.44. The molecule has 2 saturated heterocycles. The lowest BCUT2D eigenvalue weighted by atomic mass is 10.1. The number of carbonyl (C=O) groups excluding carboxylic acids is 1. The van der Waals surface area contributed by atoms with Crippen LogP contribution < -0.4 is 5.32 Å². The summed E-state index contributed by atoms with van der Waals surface area (Å²) < 4.78 is 0. The third-order valence-electron chi connectivity index (χ3n) is 5.45. The highest BCUT2D eigenvalue weighted by atomic mass is 127. The van der Waals surface area contributed by atoms with Crippen molar-refractivity contribution < 1.29 is 4.79 Å². The average molecular weight is 499 g/mol. The molecule has 1 amide bonds. The summed E-state index contributed by atoms with van der Waals surface area (Å²) in [4.78, 5) is 23.4. The molecule has 1 aromatic carbocycles. The standard InChI is InChI=1S/C21H33N5O.HI/c1-24(2)20(27)15-23-21(22-14-18-8-4-3-5-9-18)26-13-10-19(17-26)16-25-11-6-7-12-25;/h3-5,8-9,19H,6-7,10-17H2,1-2H3,(H,22,23);1H.